The number of likely N-dealkylation sites (N-methyl/N-ethyl adjacent to an activating group) is 1. The molecule has 0 bridgehead atoms. The molecule has 0 fully saturated rings. The number of benzene rings is 2. The van der Waals surface area contributed by atoms with Gasteiger partial charge in [0.25, 0.3) is 0 Å². The maximum atomic E-state index is 12.8. The summed E-state index contributed by atoms with van der Waals surface area (Å²) in [5, 5.41) is 0. The van der Waals surface area contributed by atoms with E-state index in [1.54, 1.807) is 4.90 Å². The average Bonchev–Trinajstić information content (AvgIpc) is 2.67. The third-order valence-corrected chi connectivity index (χ3v) is 4.11. The molecule has 5 nitrogen and oxygen atoms in total. The fourth-order valence-electron chi connectivity index (χ4n) is 2.68. The monoisotopic (exact) mass is 356 g/mol. The van der Waals surface area contributed by atoms with Crippen LogP contribution in [0.3, 0.4) is 0 Å². The molecule has 0 N–H and O–H groups in total. The predicted octanol–water partition coefficient (Wildman–Crippen LogP) is 4.70. The van der Waals surface area contributed by atoms with Crippen LogP contribution in [-0.2, 0) is 4.74 Å². The van der Waals surface area contributed by atoms with E-state index in [0.717, 1.165) is 36.8 Å². The minimum Gasteiger partial charge on any atom is -0.494 e. The zero-order valence-corrected chi connectivity index (χ0v) is 15.9. The molecule has 0 aliphatic carbocycles. The summed E-state index contributed by atoms with van der Waals surface area (Å²) in [4.78, 5) is 16.6. The van der Waals surface area contributed by atoms with Crippen LogP contribution in [0.25, 0.3) is 0 Å². The molecule has 0 radical (unpaired) electrons. The van der Waals surface area contributed by atoms with Crippen LogP contribution in [0.5, 0.6) is 5.75 Å². The first kappa shape index (κ1) is 19.8. The Bertz CT molecular complexity index is 672. The highest BCUT2D eigenvalue weighted by atomic mass is 16.6. The molecule has 1 amide bonds. The van der Waals surface area contributed by atoms with Crippen LogP contribution < -0.4 is 9.64 Å². The number of nitrogens with zero attached hydrogens (tertiary/aromatic N) is 2. The van der Waals surface area contributed by atoms with Gasteiger partial charge < -0.3 is 14.4 Å². The van der Waals surface area contributed by atoms with Gasteiger partial charge in [-0.1, -0.05) is 38.1 Å². The summed E-state index contributed by atoms with van der Waals surface area (Å²) in [5.41, 5.74) is 1.48. The topological polar surface area (TPSA) is 42.0 Å². The van der Waals surface area contributed by atoms with E-state index in [0.29, 0.717) is 13.2 Å². The van der Waals surface area contributed by atoms with Crippen molar-refractivity contribution < 1.29 is 14.3 Å². The highest BCUT2D eigenvalue weighted by molar-refractivity contribution is 5.96. The summed E-state index contributed by atoms with van der Waals surface area (Å²) >= 11 is 0. The van der Waals surface area contributed by atoms with Gasteiger partial charge in [-0.05, 0) is 44.3 Å². The molecule has 140 valence electrons. The van der Waals surface area contributed by atoms with E-state index in [-0.39, 0.29) is 0 Å². The van der Waals surface area contributed by atoms with Crippen molar-refractivity contribution in [2.24, 2.45) is 0 Å². The summed E-state index contributed by atoms with van der Waals surface area (Å²) in [6, 6.07) is 17.0. The lowest BCUT2D eigenvalue weighted by atomic mass is 10.2. The van der Waals surface area contributed by atoms with Gasteiger partial charge in [0.2, 0.25) is 0 Å². The number of carbonyl (C=O) groups is 1. The molecule has 0 heterocycles. The molecule has 2 aromatic rings. The molecule has 0 aromatic heterocycles. The first-order chi connectivity index (χ1) is 12.7. The SMILES string of the molecule is CCOc1cccc(N(C(=O)OCCN(CC)CC)c2ccccc2)c1. The molecule has 0 aliphatic heterocycles. The van der Waals surface area contributed by atoms with Crippen molar-refractivity contribution in [1.29, 1.82) is 0 Å². The predicted molar refractivity (Wildman–Crippen MR) is 105 cm³/mol. The van der Waals surface area contributed by atoms with E-state index in [2.05, 4.69) is 18.7 Å². The van der Waals surface area contributed by atoms with Crippen LogP contribution in [0.1, 0.15) is 20.8 Å². The molecule has 5 heteroatoms. The summed E-state index contributed by atoms with van der Waals surface area (Å²) in [6.45, 7) is 9.66. The van der Waals surface area contributed by atoms with E-state index < -0.39 is 6.09 Å². The minimum absolute atomic E-state index is 0.356. The number of ether oxygens (including phenoxy) is 2. The quantitative estimate of drug-likeness (QED) is 0.653. The maximum absolute atomic E-state index is 12.8. The standard InChI is InChI=1S/C21H28N2O3/c1-4-22(5-2)15-16-26-21(24)23(18-11-8-7-9-12-18)19-13-10-14-20(17-19)25-6-3/h7-14,17H,4-6,15-16H2,1-3H3. The number of hydrogen-bond acceptors (Lipinski definition) is 4. The second kappa shape index (κ2) is 10.5. The number of hydrogen-bond donors (Lipinski definition) is 0. The largest absolute Gasteiger partial charge is 0.494 e. The van der Waals surface area contributed by atoms with Gasteiger partial charge in [-0.25, -0.2) is 9.69 Å². The van der Waals surface area contributed by atoms with Crippen LogP contribution in [-0.4, -0.2) is 43.8 Å². The van der Waals surface area contributed by atoms with Gasteiger partial charge in [-0.2, -0.15) is 0 Å². The van der Waals surface area contributed by atoms with Crippen molar-refractivity contribution in [2.45, 2.75) is 20.8 Å². The molecule has 0 aliphatic rings. The molecule has 0 unspecified atom stereocenters. The second-order valence-electron chi connectivity index (χ2n) is 5.74. The van der Waals surface area contributed by atoms with E-state index >= 15 is 0 Å². The summed E-state index contributed by atoms with van der Waals surface area (Å²) in [7, 11) is 0. The fraction of sp³-hybridized carbons (Fsp3) is 0.381. The lowest BCUT2D eigenvalue weighted by molar-refractivity contribution is 0.138. The van der Waals surface area contributed by atoms with Crippen LogP contribution >= 0.6 is 0 Å². The number of anilines is 2. The Balaban J connectivity index is 2.19. The van der Waals surface area contributed by atoms with E-state index in [1.165, 1.54) is 0 Å². The Kier molecular flexibility index (Phi) is 7.96. The van der Waals surface area contributed by atoms with Crippen LogP contribution in [0, 0.1) is 0 Å². The van der Waals surface area contributed by atoms with Gasteiger partial charge in [0.05, 0.1) is 18.0 Å². The van der Waals surface area contributed by atoms with Crippen molar-refractivity contribution in [3.8, 4) is 5.75 Å². The van der Waals surface area contributed by atoms with Gasteiger partial charge in [0, 0.05) is 12.6 Å². The van der Waals surface area contributed by atoms with E-state index in [4.69, 9.17) is 9.47 Å². The number of carbonyl (C=O) groups excluding carboxylic acids is 1. The van der Waals surface area contributed by atoms with Crippen molar-refractivity contribution in [3.05, 3.63) is 54.6 Å². The van der Waals surface area contributed by atoms with Crippen molar-refractivity contribution in [1.82, 2.24) is 4.90 Å². The third kappa shape index (κ3) is 5.49. The molecule has 0 atom stereocenters. The van der Waals surface area contributed by atoms with Crippen molar-refractivity contribution >= 4 is 17.5 Å². The molecule has 26 heavy (non-hydrogen) atoms. The minimum atomic E-state index is -0.392. The molecule has 2 rings (SSSR count). The molecule has 0 saturated carbocycles. The van der Waals surface area contributed by atoms with Gasteiger partial charge in [0.1, 0.15) is 12.4 Å². The van der Waals surface area contributed by atoms with Crippen LogP contribution in [0.2, 0.25) is 0 Å². The summed E-state index contributed by atoms with van der Waals surface area (Å²) in [5.74, 6) is 0.724. The first-order valence-electron chi connectivity index (χ1n) is 9.16. The Morgan fingerprint density at radius 2 is 1.62 bits per heavy atom. The van der Waals surface area contributed by atoms with Crippen molar-refractivity contribution in [3.63, 3.8) is 0 Å². The Hall–Kier alpha value is -2.53. The first-order valence-corrected chi connectivity index (χ1v) is 9.16. The van der Waals surface area contributed by atoms with Gasteiger partial charge in [0.15, 0.2) is 0 Å². The Labute approximate surface area is 156 Å². The summed E-state index contributed by atoms with van der Waals surface area (Å²) < 4.78 is 11.1. The smallest absolute Gasteiger partial charge is 0.418 e. The fourth-order valence-corrected chi connectivity index (χ4v) is 2.68. The highest BCUT2D eigenvalue weighted by Crippen LogP contribution is 2.29. The highest BCUT2D eigenvalue weighted by Gasteiger charge is 2.20. The Morgan fingerprint density at radius 3 is 2.27 bits per heavy atom. The number of rotatable bonds is 9. The number of para-hydroxylation sites is 1. The zero-order chi connectivity index (χ0) is 18.8. The molecule has 2 aromatic carbocycles. The van der Waals surface area contributed by atoms with Gasteiger partial charge in [-0.3, -0.25) is 0 Å². The normalized spacial score (nSPS) is 10.6. The molecular formula is C21H28N2O3. The number of amides is 1. The van der Waals surface area contributed by atoms with Crippen LogP contribution in [0.4, 0.5) is 16.2 Å². The second-order valence-corrected chi connectivity index (χ2v) is 5.74. The Morgan fingerprint density at radius 1 is 0.923 bits per heavy atom. The average molecular weight is 356 g/mol. The van der Waals surface area contributed by atoms with Crippen molar-refractivity contribution in [2.75, 3.05) is 37.7 Å². The lowest BCUT2D eigenvalue weighted by Crippen LogP contribution is -2.32. The maximum Gasteiger partial charge on any atom is 0.418 e. The molecule has 0 spiro atoms. The van der Waals surface area contributed by atoms with E-state index in [9.17, 15) is 4.79 Å². The molecule has 0 saturated heterocycles. The van der Waals surface area contributed by atoms with Gasteiger partial charge in [-0.15, -0.1) is 0 Å². The molecular weight excluding hydrogens is 328 g/mol. The lowest BCUT2D eigenvalue weighted by Gasteiger charge is -2.24. The summed E-state index contributed by atoms with van der Waals surface area (Å²) in [6.07, 6.45) is -0.392. The zero-order valence-electron chi connectivity index (χ0n) is 15.9. The van der Waals surface area contributed by atoms with Crippen LogP contribution in [0.15, 0.2) is 54.6 Å². The van der Waals surface area contributed by atoms with Gasteiger partial charge >= 0.3 is 6.09 Å². The third-order valence-electron chi connectivity index (χ3n) is 4.11. The van der Waals surface area contributed by atoms with E-state index in [1.807, 2.05) is 61.5 Å².